The monoisotopic (exact) mass is 261 g/mol. The van der Waals surface area contributed by atoms with Crippen LogP contribution in [-0.4, -0.2) is 34.9 Å². The van der Waals surface area contributed by atoms with Gasteiger partial charge < -0.3 is 10.2 Å². The van der Waals surface area contributed by atoms with E-state index in [4.69, 9.17) is 0 Å². The van der Waals surface area contributed by atoms with Crippen molar-refractivity contribution >= 4 is 11.7 Å². The number of aromatic nitrogens is 1. The summed E-state index contributed by atoms with van der Waals surface area (Å²) in [5.41, 5.74) is 0.736. The lowest BCUT2D eigenvalue weighted by molar-refractivity contribution is 0.0698. The summed E-state index contributed by atoms with van der Waals surface area (Å²) in [6.07, 6.45) is 6.38. The highest BCUT2D eigenvalue weighted by atomic mass is 16.2. The van der Waals surface area contributed by atoms with E-state index >= 15 is 0 Å². The third kappa shape index (κ3) is 3.46. The molecule has 1 atom stereocenters. The zero-order valence-electron chi connectivity index (χ0n) is 11.9. The molecule has 1 saturated heterocycles. The molecule has 1 N–H and O–H groups in total. The van der Waals surface area contributed by atoms with Crippen molar-refractivity contribution in [2.75, 3.05) is 18.4 Å². The molecule has 1 aromatic rings. The van der Waals surface area contributed by atoms with Gasteiger partial charge in [-0.2, -0.15) is 0 Å². The normalized spacial score (nSPS) is 19.9. The lowest BCUT2D eigenvalue weighted by Gasteiger charge is -2.27. The van der Waals surface area contributed by atoms with Crippen molar-refractivity contribution in [2.24, 2.45) is 0 Å². The summed E-state index contributed by atoms with van der Waals surface area (Å²) in [5.74, 6) is 0.909. The Morgan fingerprint density at radius 3 is 3.11 bits per heavy atom. The number of anilines is 1. The first-order chi connectivity index (χ1) is 9.22. The fraction of sp³-hybridized carbons (Fsp3) is 0.600. The van der Waals surface area contributed by atoms with Crippen LogP contribution in [0.2, 0.25) is 0 Å². The molecule has 19 heavy (non-hydrogen) atoms. The maximum atomic E-state index is 12.6. The summed E-state index contributed by atoms with van der Waals surface area (Å²) in [5, 5.41) is 3.15. The minimum Gasteiger partial charge on any atom is -0.370 e. The van der Waals surface area contributed by atoms with Crippen LogP contribution < -0.4 is 5.32 Å². The van der Waals surface area contributed by atoms with E-state index in [1.54, 1.807) is 12.3 Å². The highest BCUT2D eigenvalue weighted by Crippen LogP contribution is 2.19. The average molecular weight is 261 g/mol. The molecule has 1 fully saturated rings. The molecule has 0 bridgehead atoms. The number of amides is 1. The number of hydrogen-bond donors (Lipinski definition) is 1. The van der Waals surface area contributed by atoms with Crippen LogP contribution in [0.5, 0.6) is 0 Å². The van der Waals surface area contributed by atoms with Gasteiger partial charge in [0.25, 0.3) is 5.91 Å². The molecule has 1 unspecified atom stereocenters. The molecule has 0 aromatic carbocycles. The van der Waals surface area contributed by atoms with Crippen molar-refractivity contribution in [3.05, 3.63) is 23.9 Å². The summed E-state index contributed by atoms with van der Waals surface area (Å²) in [4.78, 5) is 18.8. The second kappa shape index (κ2) is 6.55. The highest BCUT2D eigenvalue weighted by molar-refractivity contribution is 5.95. The van der Waals surface area contributed by atoms with Crippen LogP contribution >= 0.6 is 0 Å². The summed E-state index contributed by atoms with van der Waals surface area (Å²) in [6, 6.07) is 4.00. The topological polar surface area (TPSA) is 45.2 Å². The van der Waals surface area contributed by atoms with Gasteiger partial charge >= 0.3 is 0 Å². The van der Waals surface area contributed by atoms with Crippen molar-refractivity contribution in [1.82, 2.24) is 9.88 Å². The average Bonchev–Trinajstić information content (AvgIpc) is 2.63. The fourth-order valence-corrected chi connectivity index (χ4v) is 2.58. The molecule has 1 amide bonds. The van der Waals surface area contributed by atoms with Crippen LogP contribution in [0.4, 0.5) is 5.82 Å². The van der Waals surface area contributed by atoms with E-state index in [-0.39, 0.29) is 5.91 Å². The van der Waals surface area contributed by atoms with Gasteiger partial charge in [0, 0.05) is 30.9 Å². The summed E-state index contributed by atoms with van der Waals surface area (Å²) in [6.45, 7) is 5.85. The molecule has 104 valence electrons. The Bertz CT molecular complexity index is 433. The number of carbonyl (C=O) groups excluding carboxylic acids is 1. The minimum atomic E-state index is 0.135. The maximum absolute atomic E-state index is 12.6. The van der Waals surface area contributed by atoms with Crippen LogP contribution in [0.15, 0.2) is 18.3 Å². The van der Waals surface area contributed by atoms with Crippen molar-refractivity contribution < 1.29 is 4.79 Å². The Kier molecular flexibility index (Phi) is 4.77. The van der Waals surface area contributed by atoms with Crippen molar-refractivity contribution in [1.29, 1.82) is 0 Å². The van der Waals surface area contributed by atoms with Gasteiger partial charge in [0.2, 0.25) is 0 Å². The van der Waals surface area contributed by atoms with Crippen LogP contribution in [0.25, 0.3) is 0 Å². The van der Waals surface area contributed by atoms with E-state index in [9.17, 15) is 4.79 Å². The molecule has 4 nitrogen and oxygen atoms in total. The van der Waals surface area contributed by atoms with Gasteiger partial charge in [-0.15, -0.1) is 0 Å². The van der Waals surface area contributed by atoms with Crippen molar-refractivity contribution in [3.63, 3.8) is 0 Å². The van der Waals surface area contributed by atoms with E-state index in [0.717, 1.165) is 37.3 Å². The van der Waals surface area contributed by atoms with Crippen LogP contribution in [0.3, 0.4) is 0 Å². The number of nitrogens with one attached hydrogen (secondary N) is 1. The van der Waals surface area contributed by atoms with Crippen molar-refractivity contribution in [3.8, 4) is 0 Å². The standard InChI is InChI=1S/C15H23N3O/c1-3-16-14-11-13(8-9-17-14)15(19)18-10-6-4-5-7-12(18)2/h8-9,11-12H,3-7,10H2,1-2H3,(H,16,17). The van der Waals surface area contributed by atoms with Gasteiger partial charge in [-0.1, -0.05) is 12.8 Å². The van der Waals surface area contributed by atoms with Gasteiger partial charge in [0.15, 0.2) is 0 Å². The van der Waals surface area contributed by atoms with Gasteiger partial charge in [-0.3, -0.25) is 4.79 Å². The number of hydrogen-bond acceptors (Lipinski definition) is 3. The molecule has 0 saturated carbocycles. The van der Waals surface area contributed by atoms with E-state index in [1.165, 1.54) is 12.8 Å². The molecule has 4 heteroatoms. The number of pyridine rings is 1. The third-order valence-electron chi connectivity index (χ3n) is 3.68. The van der Waals surface area contributed by atoms with E-state index in [1.807, 2.05) is 17.9 Å². The van der Waals surface area contributed by atoms with Gasteiger partial charge in [-0.25, -0.2) is 4.98 Å². The predicted molar refractivity (Wildman–Crippen MR) is 77.4 cm³/mol. The first-order valence-electron chi connectivity index (χ1n) is 7.23. The van der Waals surface area contributed by atoms with Crippen molar-refractivity contribution in [2.45, 2.75) is 45.6 Å². The first-order valence-corrected chi connectivity index (χ1v) is 7.23. The Balaban J connectivity index is 2.15. The zero-order valence-corrected chi connectivity index (χ0v) is 11.9. The molecular weight excluding hydrogens is 238 g/mol. The van der Waals surface area contributed by atoms with Crippen LogP contribution in [0.1, 0.15) is 49.9 Å². The molecule has 2 rings (SSSR count). The van der Waals surface area contributed by atoms with Crippen LogP contribution in [-0.2, 0) is 0 Å². The van der Waals surface area contributed by atoms with Crippen LogP contribution in [0, 0.1) is 0 Å². The fourth-order valence-electron chi connectivity index (χ4n) is 2.58. The third-order valence-corrected chi connectivity index (χ3v) is 3.68. The quantitative estimate of drug-likeness (QED) is 0.910. The minimum absolute atomic E-state index is 0.135. The van der Waals surface area contributed by atoms with Gasteiger partial charge in [0.1, 0.15) is 5.82 Å². The Hall–Kier alpha value is -1.58. The zero-order chi connectivity index (χ0) is 13.7. The number of nitrogens with zero attached hydrogens (tertiary/aromatic N) is 2. The molecule has 1 aliphatic rings. The predicted octanol–water partition coefficient (Wildman–Crippen LogP) is 2.92. The van der Waals surface area contributed by atoms with Gasteiger partial charge in [0.05, 0.1) is 0 Å². The summed E-state index contributed by atoms with van der Waals surface area (Å²) >= 11 is 0. The number of rotatable bonds is 3. The highest BCUT2D eigenvalue weighted by Gasteiger charge is 2.23. The molecule has 1 aliphatic heterocycles. The smallest absolute Gasteiger partial charge is 0.254 e. The van der Waals surface area contributed by atoms with E-state index in [2.05, 4.69) is 17.2 Å². The Morgan fingerprint density at radius 1 is 1.47 bits per heavy atom. The van der Waals surface area contributed by atoms with E-state index in [0.29, 0.717) is 6.04 Å². The van der Waals surface area contributed by atoms with E-state index < -0.39 is 0 Å². The second-order valence-corrected chi connectivity index (χ2v) is 5.16. The molecule has 0 spiro atoms. The molecule has 2 heterocycles. The summed E-state index contributed by atoms with van der Waals surface area (Å²) in [7, 11) is 0. The first kappa shape index (κ1) is 13.8. The molecule has 0 radical (unpaired) electrons. The second-order valence-electron chi connectivity index (χ2n) is 5.16. The molecule has 1 aromatic heterocycles. The lowest BCUT2D eigenvalue weighted by Crippen LogP contribution is -2.38. The van der Waals surface area contributed by atoms with Gasteiger partial charge in [-0.05, 0) is 38.8 Å². The summed E-state index contributed by atoms with van der Waals surface area (Å²) < 4.78 is 0. The Labute approximate surface area is 115 Å². The lowest BCUT2D eigenvalue weighted by atomic mass is 10.1. The molecular formula is C15H23N3O. The molecule has 0 aliphatic carbocycles. The maximum Gasteiger partial charge on any atom is 0.254 e. The number of carbonyl (C=O) groups is 1. The Morgan fingerprint density at radius 2 is 2.32 bits per heavy atom. The SMILES string of the molecule is CCNc1cc(C(=O)N2CCCCCC2C)ccn1. The largest absolute Gasteiger partial charge is 0.370 e. The number of likely N-dealkylation sites (tertiary alicyclic amines) is 1.